The third kappa shape index (κ3) is 5.42. The lowest BCUT2D eigenvalue weighted by atomic mass is 10.2. The Balaban J connectivity index is 1.29. The summed E-state index contributed by atoms with van der Waals surface area (Å²) in [6, 6.07) is 18.5. The molecule has 0 fully saturated rings. The summed E-state index contributed by atoms with van der Waals surface area (Å²) < 4.78 is 32.3. The zero-order valence-electron chi connectivity index (χ0n) is 20.5. The number of nitrogens with zero attached hydrogens (tertiary/aromatic N) is 4. The summed E-state index contributed by atoms with van der Waals surface area (Å²) in [6.45, 7) is 0.182. The van der Waals surface area contributed by atoms with Gasteiger partial charge in [0.2, 0.25) is 11.8 Å². The van der Waals surface area contributed by atoms with E-state index in [0.29, 0.717) is 39.4 Å². The van der Waals surface area contributed by atoms with Crippen LogP contribution in [0.4, 0.5) is 4.39 Å². The van der Waals surface area contributed by atoms with E-state index in [4.69, 9.17) is 25.8 Å². The Kier molecular flexibility index (Phi) is 7.19. The van der Waals surface area contributed by atoms with E-state index in [1.807, 2.05) is 17.7 Å². The number of carbonyl (C=O) groups is 1. The summed E-state index contributed by atoms with van der Waals surface area (Å²) in [5.41, 5.74) is 3.76. The molecule has 3 heterocycles. The fourth-order valence-corrected chi connectivity index (χ4v) is 4.01. The van der Waals surface area contributed by atoms with Gasteiger partial charge in [0, 0.05) is 41.5 Å². The number of hydrogen-bond acceptors (Lipinski definition) is 7. The first-order valence-corrected chi connectivity index (χ1v) is 12.0. The Hall–Kier alpha value is -4.50. The number of ether oxygens (including phenoxy) is 3. The number of aryl methyl sites for hydroxylation is 1. The molecule has 0 aliphatic rings. The normalized spacial score (nSPS) is 10.9. The highest BCUT2D eigenvalue weighted by molar-refractivity contribution is 6.30. The van der Waals surface area contributed by atoms with Crippen LogP contribution < -0.4 is 9.47 Å². The first kappa shape index (κ1) is 25.2. The topological polar surface area (TPSA) is 88.4 Å². The predicted molar refractivity (Wildman–Crippen MR) is 140 cm³/mol. The highest BCUT2D eigenvalue weighted by Gasteiger charge is 2.13. The fraction of sp³-hybridized carbons (Fsp3) is 0.143. The first-order chi connectivity index (χ1) is 18.4. The van der Waals surface area contributed by atoms with E-state index in [2.05, 4.69) is 15.0 Å². The zero-order chi connectivity index (χ0) is 26.6. The lowest BCUT2D eigenvalue weighted by molar-refractivity contribution is 0.0601. The van der Waals surface area contributed by atoms with E-state index in [1.165, 1.54) is 13.2 Å². The molecule has 0 spiro atoms. The van der Waals surface area contributed by atoms with Crippen molar-refractivity contribution in [2.24, 2.45) is 7.05 Å². The molecule has 2 aromatic carbocycles. The highest BCUT2D eigenvalue weighted by Crippen LogP contribution is 2.24. The second-order valence-corrected chi connectivity index (χ2v) is 8.78. The van der Waals surface area contributed by atoms with Crippen LogP contribution in [0.15, 0.2) is 72.9 Å². The molecule has 0 amide bonds. The summed E-state index contributed by atoms with van der Waals surface area (Å²) in [4.78, 5) is 25.3. The molecule has 3 aromatic heterocycles. The lowest BCUT2D eigenvalue weighted by Gasteiger charge is -2.09. The number of aromatic nitrogens is 4. The van der Waals surface area contributed by atoms with E-state index in [0.717, 1.165) is 16.6 Å². The molecule has 5 rings (SSSR count). The third-order valence-corrected chi connectivity index (χ3v) is 6.12. The van der Waals surface area contributed by atoms with Crippen molar-refractivity contribution in [3.8, 4) is 23.0 Å². The van der Waals surface area contributed by atoms with E-state index < -0.39 is 11.8 Å². The summed E-state index contributed by atoms with van der Waals surface area (Å²) in [5, 5.41) is 0.325. The van der Waals surface area contributed by atoms with Gasteiger partial charge >= 0.3 is 5.97 Å². The molecule has 192 valence electrons. The molecule has 0 bridgehead atoms. The predicted octanol–water partition coefficient (Wildman–Crippen LogP) is 5.77. The van der Waals surface area contributed by atoms with Gasteiger partial charge in [0.25, 0.3) is 0 Å². The van der Waals surface area contributed by atoms with Crippen molar-refractivity contribution >= 4 is 28.6 Å². The number of halogens is 2. The van der Waals surface area contributed by atoms with Gasteiger partial charge in [-0.3, -0.25) is 0 Å². The van der Waals surface area contributed by atoms with E-state index in [-0.39, 0.29) is 13.2 Å². The Morgan fingerprint density at radius 3 is 2.63 bits per heavy atom. The van der Waals surface area contributed by atoms with Gasteiger partial charge in [-0.05, 0) is 42.5 Å². The molecule has 5 aromatic rings. The van der Waals surface area contributed by atoms with Crippen LogP contribution in [0, 0.1) is 5.82 Å². The zero-order valence-corrected chi connectivity index (χ0v) is 21.3. The number of esters is 1. The molecule has 0 radical (unpaired) electrons. The maximum Gasteiger partial charge on any atom is 0.337 e. The standard InChI is InChI=1S/C28H22ClFN4O4/c1-34-24-12-18(28(35)36-2)7-9-23(24)32-25(34)16-38-27-13-17(10-11-31-27)22-4-3-5-26(33-22)37-15-19-6-8-20(29)14-21(19)30/h3-14H,15-16H2,1-2H3. The van der Waals surface area contributed by atoms with Gasteiger partial charge in [0.15, 0.2) is 0 Å². The fourth-order valence-electron chi connectivity index (χ4n) is 3.85. The van der Waals surface area contributed by atoms with Crippen molar-refractivity contribution in [3.05, 3.63) is 101 Å². The molecule has 10 heteroatoms. The van der Waals surface area contributed by atoms with Gasteiger partial charge in [-0.15, -0.1) is 0 Å². The smallest absolute Gasteiger partial charge is 0.337 e. The van der Waals surface area contributed by atoms with Crippen LogP contribution in [0.25, 0.3) is 22.3 Å². The van der Waals surface area contributed by atoms with Gasteiger partial charge in [0.1, 0.15) is 24.9 Å². The van der Waals surface area contributed by atoms with Crippen LogP contribution in [0.5, 0.6) is 11.8 Å². The second-order valence-electron chi connectivity index (χ2n) is 8.34. The summed E-state index contributed by atoms with van der Waals surface area (Å²) in [6.07, 6.45) is 1.63. The molecule has 0 atom stereocenters. The summed E-state index contributed by atoms with van der Waals surface area (Å²) in [7, 11) is 3.20. The largest absolute Gasteiger partial charge is 0.473 e. The quantitative estimate of drug-likeness (QED) is 0.234. The van der Waals surface area contributed by atoms with Crippen LogP contribution >= 0.6 is 11.6 Å². The van der Waals surface area contributed by atoms with Crippen LogP contribution in [0.1, 0.15) is 21.7 Å². The van der Waals surface area contributed by atoms with Gasteiger partial charge in [-0.25, -0.2) is 24.1 Å². The Morgan fingerprint density at radius 2 is 1.82 bits per heavy atom. The van der Waals surface area contributed by atoms with E-state index in [1.54, 1.807) is 60.8 Å². The molecule has 0 aliphatic heterocycles. The minimum absolute atomic E-state index is 0.0172. The highest BCUT2D eigenvalue weighted by atomic mass is 35.5. The minimum Gasteiger partial charge on any atom is -0.473 e. The van der Waals surface area contributed by atoms with Crippen molar-refractivity contribution in [2.75, 3.05) is 7.11 Å². The number of pyridine rings is 2. The molecule has 0 aliphatic carbocycles. The van der Waals surface area contributed by atoms with Crippen molar-refractivity contribution < 1.29 is 23.4 Å². The Labute approximate surface area is 222 Å². The van der Waals surface area contributed by atoms with Crippen molar-refractivity contribution in [2.45, 2.75) is 13.2 Å². The summed E-state index contributed by atoms with van der Waals surface area (Å²) >= 11 is 5.81. The maximum absolute atomic E-state index is 14.1. The molecule has 0 saturated heterocycles. The van der Waals surface area contributed by atoms with Gasteiger partial charge in [-0.2, -0.15) is 0 Å². The number of hydrogen-bond donors (Lipinski definition) is 0. The number of fused-ring (bicyclic) bond motifs is 1. The molecule has 0 saturated carbocycles. The van der Waals surface area contributed by atoms with Gasteiger partial charge in [0.05, 0.1) is 29.4 Å². The monoisotopic (exact) mass is 532 g/mol. The van der Waals surface area contributed by atoms with Crippen molar-refractivity contribution in [1.82, 2.24) is 19.5 Å². The Bertz CT molecular complexity index is 1640. The van der Waals surface area contributed by atoms with Crippen molar-refractivity contribution in [3.63, 3.8) is 0 Å². The van der Waals surface area contributed by atoms with E-state index in [9.17, 15) is 9.18 Å². The SMILES string of the molecule is COC(=O)c1ccc2nc(COc3cc(-c4cccc(OCc5ccc(Cl)cc5F)n4)ccn3)n(C)c2c1. The van der Waals surface area contributed by atoms with Gasteiger partial charge < -0.3 is 18.8 Å². The molecule has 0 N–H and O–H groups in total. The number of benzene rings is 2. The third-order valence-electron chi connectivity index (χ3n) is 5.89. The molecule has 8 nitrogen and oxygen atoms in total. The molecule has 38 heavy (non-hydrogen) atoms. The number of carbonyl (C=O) groups excluding carboxylic acids is 1. The van der Waals surface area contributed by atoms with Crippen LogP contribution in [-0.2, 0) is 25.0 Å². The maximum atomic E-state index is 14.1. The minimum atomic E-state index is -0.436. The van der Waals surface area contributed by atoms with Gasteiger partial charge in [-0.1, -0.05) is 23.7 Å². The number of methoxy groups -OCH3 is 1. The second kappa shape index (κ2) is 10.9. The van der Waals surface area contributed by atoms with Crippen LogP contribution in [-0.4, -0.2) is 32.6 Å². The molecular formula is C28H22ClFN4O4. The number of rotatable bonds is 8. The first-order valence-electron chi connectivity index (χ1n) is 11.6. The molecular weight excluding hydrogens is 511 g/mol. The van der Waals surface area contributed by atoms with Crippen LogP contribution in [0.2, 0.25) is 5.02 Å². The number of imidazole rings is 1. The van der Waals surface area contributed by atoms with E-state index >= 15 is 0 Å². The van der Waals surface area contributed by atoms with Crippen molar-refractivity contribution in [1.29, 1.82) is 0 Å². The lowest BCUT2D eigenvalue weighted by Crippen LogP contribution is -2.05. The van der Waals surface area contributed by atoms with Crippen LogP contribution in [0.3, 0.4) is 0 Å². The Morgan fingerprint density at radius 1 is 0.974 bits per heavy atom. The average Bonchev–Trinajstić information content (AvgIpc) is 3.26. The molecule has 0 unspecified atom stereocenters. The summed E-state index contributed by atoms with van der Waals surface area (Å²) in [5.74, 6) is 0.557. The average molecular weight is 533 g/mol.